The molecule has 5 atom stereocenters. The van der Waals surface area contributed by atoms with Crippen LogP contribution in [0.15, 0.2) is 146 Å². The number of fused-ring (bicyclic) bond motifs is 1. The summed E-state index contributed by atoms with van der Waals surface area (Å²) in [6.45, 7) is 3.18. The minimum Gasteiger partial charge on any atom is -0.467 e. The Hall–Kier alpha value is -5.84. The van der Waals surface area contributed by atoms with Crippen molar-refractivity contribution < 1.29 is 28.9 Å². The summed E-state index contributed by atoms with van der Waals surface area (Å²) >= 11 is 0. The fourth-order valence-corrected chi connectivity index (χ4v) is 7.54. The van der Waals surface area contributed by atoms with E-state index in [1.165, 1.54) is 23.4 Å². The first kappa shape index (κ1) is 40.4. The molecule has 0 radical (unpaired) electrons. The molecule has 1 aliphatic rings. The van der Waals surface area contributed by atoms with Crippen molar-refractivity contribution in [1.29, 1.82) is 0 Å². The lowest BCUT2D eigenvalue weighted by molar-refractivity contribution is -0.253. The van der Waals surface area contributed by atoms with Gasteiger partial charge in [-0.2, -0.15) is 0 Å². The summed E-state index contributed by atoms with van der Waals surface area (Å²) in [6, 6.07) is 47.6. The van der Waals surface area contributed by atoms with Crippen LogP contribution in [0.3, 0.4) is 0 Å². The second-order valence-electron chi connectivity index (χ2n) is 15.0. The second kappa shape index (κ2) is 19.1. The number of aliphatic hydroxyl groups excluding tert-OH is 1. The molecule has 298 valence electrons. The predicted molar refractivity (Wildman–Crippen MR) is 227 cm³/mol. The number of esters is 1. The SMILES string of the molecule is COC(=O)[C@H](Cc1ccccc1)NC(=O)NCc1cccc(-c2cccc([C@H]3O[C@@H](CN(C)[C@H](C)c4ccc5ccccc5c4)C[C@@H](c4ccc(CO)cc4)O3)c2)c1. The number of benzene rings is 6. The van der Waals surface area contributed by atoms with Crippen LogP contribution in [0, 0.1) is 0 Å². The smallest absolute Gasteiger partial charge is 0.328 e. The molecule has 0 aromatic heterocycles. The van der Waals surface area contributed by atoms with E-state index >= 15 is 0 Å². The predicted octanol–water partition coefficient (Wildman–Crippen LogP) is 8.82. The Bertz CT molecular complexity index is 2300. The summed E-state index contributed by atoms with van der Waals surface area (Å²) < 4.78 is 18.5. The lowest BCUT2D eigenvalue weighted by atomic mass is 9.97. The highest BCUT2D eigenvalue weighted by atomic mass is 16.7. The molecule has 1 heterocycles. The fourth-order valence-electron chi connectivity index (χ4n) is 7.54. The number of carbonyl (C=O) groups is 2. The van der Waals surface area contributed by atoms with Gasteiger partial charge in [-0.1, -0.05) is 127 Å². The Kier molecular flexibility index (Phi) is 13.3. The molecule has 6 aromatic rings. The maximum Gasteiger partial charge on any atom is 0.328 e. The third kappa shape index (κ3) is 10.2. The lowest BCUT2D eigenvalue weighted by Gasteiger charge is -2.39. The number of nitrogens with one attached hydrogen (secondary N) is 2. The largest absolute Gasteiger partial charge is 0.467 e. The minimum absolute atomic E-state index is 0.0144. The van der Waals surface area contributed by atoms with E-state index in [0.29, 0.717) is 19.4 Å². The molecule has 1 saturated heterocycles. The van der Waals surface area contributed by atoms with Crippen LogP contribution in [0.25, 0.3) is 21.9 Å². The van der Waals surface area contributed by atoms with Crippen molar-refractivity contribution in [1.82, 2.24) is 15.5 Å². The monoisotopic (exact) mass is 777 g/mol. The first-order valence-corrected chi connectivity index (χ1v) is 19.8. The number of hydrogen-bond donors (Lipinski definition) is 3. The summed E-state index contributed by atoms with van der Waals surface area (Å²) in [4.78, 5) is 27.8. The zero-order valence-corrected chi connectivity index (χ0v) is 33.2. The zero-order valence-electron chi connectivity index (χ0n) is 33.2. The van der Waals surface area contributed by atoms with Crippen molar-refractivity contribution in [3.63, 3.8) is 0 Å². The molecule has 9 nitrogen and oxygen atoms in total. The van der Waals surface area contributed by atoms with Gasteiger partial charge in [0.25, 0.3) is 0 Å². The van der Waals surface area contributed by atoms with Crippen molar-refractivity contribution in [3.8, 4) is 11.1 Å². The van der Waals surface area contributed by atoms with Crippen LogP contribution < -0.4 is 10.6 Å². The number of likely N-dealkylation sites (N-methyl/N-ethyl adjacent to an activating group) is 1. The van der Waals surface area contributed by atoms with Gasteiger partial charge in [0.05, 0.1) is 25.9 Å². The Labute approximate surface area is 340 Å². The molecule has 0 unspecified atom stereocenters. The van der Waals surface area contributed by atoms with Crippen molar-refractivity contribution in [2.45, 2.75) is 63.5 Å². The molecule has 2 amide bonds. The summed E-state index contributed by atoms with van der Waals surface area (Å²) in [5.74, 6) is -0.508. The summed E-state index contributed by atoms with van der Waals surface area (Å²) in [5.41, 5.74) is 7.82. The van der Waals surface area contributed by atoms with Gasteiger partial charge in [0.2, 0.25) is 0 Å². The molecule has 9 heteroatoms. The molecular formula is C49H51N3O6. The summed E-state index contributed by atoms with van der Waals surface area (Å²) in [5, 5.41) is 17.8. The van der Waals surface area contributed by atoms with E-state index in [-0.39, 0.29) is 31.4 Å². The van der Waals surface area contributed by atoms with Crippen LogP contribution in [0.5, 0.6) is 0 Å². The third-order valence-electron chi connectivity index (χ3n) is 11.0. The molecular weight excluding hydrogens is 727 g/mol. The molecule has 58 heavy (non-hydrogen) atoms. The van der Waals surface area contributed by atoms with Gasteiger partial charge in [-0.25, -0.2) is 9.59 Å². The number of carbonyl (C=O) groups excluding carboxylic acids is 2. The van der Waals surface area contributed by atoms with Crippen LogP contribution in [-0.2, 0) is 38.6 Å². The van der Waals surface area contributed by atoms with E-state index in [1.54, 1.807) is 0 Å². The van der Waals surface area contributed by atoms with Crippen LogP contribution >= 0.6 is 0 Å². The maximum atomic E-state index is 13.0. The van der Waals surface area contributed by atoms with Gasteiger partial charge < -0.3 is 30.0 Å². The number of methoxy groups -OCH3 is 1. The number of rotatable bonds is 14. The van der Waals surface area contributed by atoms with Gasteiger partial charge in [0.15, 0.2) is 6.29 Å². The number of amides is 2. The summed E-state index contributed by atoms with van der Waals surface area (Å²) in [6.07, 6.45) is 0.0533. The van der Waals surface area contributed by atoms with Gasteiger partial charge in [0, 0.05) is 37.5 Å². The highest BCUT2D eigenvalue weighted by Crippen LogP contribution is 2.39. The molecule has 3 N–H and O–H groups in total. The van der Waals surface area contributed by atoms with Crippen molar-refractivity contribution in [2.75, 3.05) is 20.7 Å². The molecule has 1 aliphatic heterocycles. The fraction of sp³-hybridized carbons (Fsp3) is 0.265. The van der Waals surface area contributed by atoms with Crippen LogP contribution in [0.4, 0.5) is 4.79 Å². The Morgan fingerprint density at radius 3 is 2.22 bits per heavy atom. The van der Waals surface area contributed by atoms with E-state index in [1.807, 2.05) is 91.0 Å². The van der Waals surface area contributed by atoms with Gasteiger partial charge in [-0.15, -0.1) is 0 Å². The topological polar surface area (TPSA) is 109 Å². The van der Waals surface area contributed by atoms with Crippen molar-refractivity contribution in [3.05, 3.63) is 179 Å². The highest BCUT2D eigenvalue weighted by molar-refractivity contribution is 5.84. The zero-order chi connectivity index (χ0) is 40.4. The Morgan fingerprint density at radius 2 is 1.47 bits per heavy atom. The van der Waals surface area contributed by atoms with E-state index in [0.717, 1.165) is 38.9 Å². The Balaban J connectivity index is 1.05. The first-order chi connectivity index (χ1) is 28.3. The molecule has 0 bridgehead atoms. The van der Waals surface area contributed by atoms with Crippen LogP contribution in [-0.4, -0.2) is 54.9 Å². The van der Waals surface area contributed by atoms with Crippen LogP contribution in [0.2, 0.25) is 0 Å². The van der Waals surface area contributed by atoms with Crippen molar-refractivity contribution >= 4 is 22.8 Å². The number of ether oxygens (including phenoxy) is 3. The van der Waals surface area contributed by atoms with Gasteiger partial charge >= 0.3 is 12.0 Å². The molecule has 0 aliphatic carbocycles. The van der Waals surface area contributed by atoms with Crippen LogP contribution in [0.1, 0.15) is 65.2 Å². The van der Waals surface area contributed by atoms with Gasteiger partial charge in [-0.3, -0.25) is 4.90 Å². The number of nitrogens with zero attached hydrogens (tertiary/aromatic N) is 1. The minimum atomic E-state index is -0.821. The van der Waals surface area contributed by atoms with Gasteiger partial charge in [0.1, 0.15) is 6.04 Å². The maximum absolute atomic E-state index is 13.0. The standard InChI is InChI=1S/C49H51N3O6/c1-33(39-24-23-37-14-7-8-15-41(37)27-39)52(2)31-44-29-46(38-21-19-35(32-53)20-22-38)58-48(57-44)43-18-10-17-42(28-43)40-16-9-13-36(25-40)30-50-49(55)51-45(47(54)56-3)26-34-11-5-4-6-12-34/h4-25,27-28,33,44-46,48,53H,26,29-32H2,1-3H3,(H2,50,51,55)/t33-,44-,45+,46+,48+/m1/s1. The summed E-state index contributed by atoms with van der Waals surface area (Å²) in [7, 11) is 3.46. The molecule has 1 fully saturated rings. The van der Waals surface area contributed by atoms with E-state index in [2.05, 4.69) is 84.1 Å². The highest BCUT2D eigenvalue weighted by Gasteiger charge is 2.33. The number of aliphatic hydroxyl groups is 1. The first-order valence-electron chi connectivity index (χ1n) is 19.8. The molecule has 6 aromatic carbocycles. The van der Waals surface area contributed by atoms with E-state index < -0.39 is 24.3 Å². The molecule has 7 rings (SSSR count). The van der Waals surface area contributed by atoms with E-state index in [4.69, 9.17) is 14.2 Å². The second-order valence-corrected chi connectivity index (χ2v) is 15.0. The normalized spacial score (nSPS) is 17.7. The number of urea groups is 1. The Morgan fingerprint density at radius 1 is 0.759 bits per heavy atom. The lowest BCUT2D eigenvalue weighted by Crippen LogP contribution is -2.47. The average Bonchev–Trinajstić information content (AvgIpc) is 3.27. The van der Waals surface area contributed by atoms with Crippen molar-refractivity contribution in [2.24, 2.45) is 0 Å². The number of hydrogen-bond acceptors (Lipinski definition) is 7. The van der Waals surface area contributed by atoms with Gasteiger partial charge in [-0.05, 0) is 81.9 Å². The quantitative estimate of drug-likeness (QED) is 0.0949. The molecule has 0 spiro atoms. The van der Waals surface area contributed by atoms with E-state index in [9.17, 15) is 14.7 Å². The average molecular weight is 778 g/mol. The molecule has 0 saturated carbocycles. The third-order valence-corrected chi connectivity index (χ3v) is 11.0.